The van der Waals surface area contributed by atoms with Crippen LogP contribution in [0.3, 0.4) is 0 Å². The number of piperidine rings is 1. The minimum Gasteiger partial charge on any atom is -0.341 e. The second kappa shape index (κ2) is 8.61. The molecule has 7 heteroatoms. The number of amides is 2. The quantitative estimate of drug-likeness (QED) is 0.792. The normalized spacial score (nSPS) is 17.0. The molecule has 0 radical (unpaired) electrons. The van der Waals surface area contributed by atoms with E-state index < -0.39 is 0 Å². The summed E-state index contributed by atoms with van der Waals surface area (Å²) in [5.74, 6) is 0.0558. The Morgan fingerprint density at radius 1 is 1.30 bits per heavy atom. The van der Waals surface area contributed by atoms with Crippen molar-refractivity contribution in [1.29, 1.82) is 0 Å². The van der Waals surface area contributed by atoms with Gasteiger partial charge in [0.05, 0.1) is 5.01 Å². The fraction of sp³-hybridized carbons (Fsp3) is 0.500. The number of pyridine rings is 1. The van der Waals surface area contributed by atoms with Crippen LogP contribution in [0.1, 0.15) is 45.9 Å². The molecule has 0 bridgehead atoms. The van der Waals surface area contributed by atoms with E-state index >= 15 is 0 Å². The van der Waals surface area contributed by atoms with E-state index in [1.165, 1.54) is 0 Å². The zero-order chi connectivity index (χ0) is 19.4. The van der Waals surface area contributed by atoms with E-state index in [4.69, 9.17) is 0 Å². The van der Waals surface area contributed by atoms with E-state index in [1.807, 2.05) is 37.2 Å². The van der Waals surface area contributed by atoms with E-state index in [-0.39, 0.29) is 17.9 Å². The molecule has 1 atom stereocenters. The molecular formula is C20H26N4O2S. The largest absolute Gasteiger partial charge is 0.341 e. The van der Waals surface area contributed by atoms with Crippen molar-refractivity contribution in [3.8, 4) is 0 Å². The molecule has 1 fully saturated rings. The molecule has 0 unspecified atom stereocenters. The molecule has 0 aliphatic carbocycles. The number of nitrogens with zero attached hydrogens (tertiary/aromatic N) is 4. The zero-order valence-electron chi connectivity index (χ0n) is 16.1. The Hall–Kier alpha value is -2.28. The fourth-order valence-electron chi connectivity index (χ4n) is 3.33. The number of carbonyl (C=O) groups excluding carboxylic acids is 2. The summed E-state index contributed by atoms with van der Waals surface area (Å²) in [6.45, 7) is 5.25. The lowest BCUT2D eigenvalue weighted by molar-refractivity contribution is -0.132. The monoisotopic (exact) mass is 386 g/mol. The van der Waals surface area contributed by atoms with Gasteiger partial charge in [0.2, 0.25) is 5.91 Å². The molecule has 144 valence electrons. The van der Waals surface area contributed by atoms with Gasteiger partial charge in [-0.1, -0.05) is 0 Å². The van der Waals surface area contributed by atoms with Gasteiger partial charge >= 0.3 is 0 Å². The van der Waals surface area contributed by atoms with Gasteiger partial charge in [-0.3, -0.25) is 14.6 Å². The van der Waals surface area contributed by atoms with Gasteiger partial charge in [-0.25, -0.2) is 4.98 Å². The zero-order valence-corrected chi connectivity index (χ0v) is 17.0. The molecule has 0 N–H and O–H groups in total. The van der Waals surface area contributed by atoms with E-state index in [0.29, 0.717) is 31.6 Å². The molecule has 0 aromatic carbocycles. The van der Waals surface area contributed by atoms with Crippen LogP contribution in [-0.2, 0) is 11.2 Å². The number of aryl methyl sites for hydroxylation is 3. The van der Waals surface area contributed by atoms with Gasteiger partial charge in [-0.15, -0.1) is 11.3 Å². The summed E-state index contributed by atoms with van der Waals surface area (Å²) in [5, 5.41) is 2.91. The highest BCUT2D eigenvalue weighted by atomic mass is 32.1. The number of likely N-dealkylation sites (N-methyl/N-ethyl adjacent to an activating group) is 1. The van der Waals surface area contributed by atoms with E-state index in [1.54, 1.807) is 28.6 Å². The Morgan fingerprint density at radius 2 is 2.11 bits per heavy atom. The summed E-state index contributed by atoms with van der Waals surface area (Å²) in [5.41, 5.74) is 2.63. The lowest BCUT2D eigenvalue weighted by Gasteiger charge is -2.37. The molecule has 2 aromatic heterocycles. The van der Waals surface area contributed by atoms with E-state index in [9.17, 15) is 9.59 Å². The lowest BCUT2D eigenvalue weighted by Crippen LogP contribution is -2.50. The van der Waals surface area contributed by atoms with Crippen LogP contribution in [0.15, 0.2) is 23.8 Å². The highest BCUT2D eigenvalue weighted by Crippen LogP contribution is 2.19. The van der Waals surface area contributed by atoms with Gasteiger partial charge < -0.3 is 9.80 Å². The maximum Gasteiger partial charge on any atom is 0.272 e. The number of hydrogen-bond donors (Lipinski definition) is 0. The van der Waals surface area contributed by atoms with Crippen molar-refractivity contribution < 1.29 is 9.59 Å². The van der Waals surface area contributed by atoms with Crippen LogP contribution in [0.5, 0.6) is 0 Å². The van der Waals surface area contributed by atoms with Crippen LogP contribution in [0.4, 0.5) is 0 Å². The number of aromatic nitrogens is 2. The van der Waals surface area contributed by atoms with Gasteiger partial charge in [0.1, 0.15) is 5.69 Å². The first-order valence-corrected chi connectivity index (χ1v) is 10.2. The summed E-state index contributed by atoms with van der Waals surface area (Å²) in [6.07, 6.45) is 6.45. The predicted molar refractivity (Wildman–Crippen MR) is 106 cm³/mol. The third-order valence-corrected chi connectivity index (χ3v) is 6.09. The van der Waals surface area contributed by atoms with Crippen LogP contribution < -0.4 is 0 Å². The number of carbonyl (C=O) groups is 2. The highest BCUT2D eigenvalue weighted by Gasteiger charge is 2.29. The third kappa shape index (κ3) is 4.71. The van der Waals surface area contributed by atoms with Crippen molar-refractivity contribution in [2.75, 3.05) is 20.1 Å². The molecule has 1 saturated heterocycles. The molecule has 2 aromatic rings. The molecule has 1 aliphatic heterocycles. The van der Waals surface area contributed by atoms with Crippen LogP contribution in [0, 0.1) is 13.8 Å². The first kappa shape index (κ1) is 19.5. The maximum atomic E-state index is 12.8. The van der Waals surface area contributed by atoms with E-state index in [0.717, 1.165) is 29.0 Å². The molecule has 6 nitrogen and oxygen atoms in total. The van der Waals surface area contributed by atoms with Crippen molar-refractivity contribution in [3.05, 3.63) is 45.7 Å². The number of hydrogen-bond acceptors (Lipinski definition) is 5. The maximum absolute atomic E-state index is 12.8. The second-order valence-corrected chi connectivity index (χ2v) is 8.11. The molecule has 0 saturated carbocycles. The molecule has 2 amide bonds. The van der Waals surface area contributed by atoms with E-state index in [2.05, 4.69) is 9.97 Å². The average Bonchev–Trinajstić information content (AvgIpc) is 3.21. The second-order valence-electron chi connectivity index (χ2n) is 7.13. The number of thiazole rings is 1. The molecule has 3 heterocycles. The van der Waals surface area contributed by atoms with Crippen molar-refractivity contribution in [3.63, 3.8) is 0 Å². The van der Waals surface area contributed by atoms with Gasteiger partial charge in [-0.05, 0) is 43.9 Å². The Balaban J connectivity index is 1.59. The first-order chi connectivity index (χ1) is 13.0. The van der Waals surface area contributed by atoms with Gasteiger partial charge in [0.15, 0.2) is 0 Å². The van der Waals surface area contributed by atoms with Crippen molar-refractivity contribution in [2.24, 2.45) is 0 Å². The van der Waals surface area contributed by atoms with Crippen molar-refractivity contribution >= 4 is 23.2 Å². The Kier molecular flexibility index (Phi) is 6.21. The molecule has 0 spiro atoms. The number of likely N-dealkylation sites (tertiary alicyclic amines) is 1. The van der Waals surface area contributed by atoms with Crippen LogP contribution in [0.25, 0.3) is 0 Å². The van der Waals surface area contributed by atoms with Gasteiger partial charge in [0.25, 0.3) is 5.91 Å². The summed E-state index contributed by atoms with van der Waals surface area (Å²) < 4.78 is 0. The summed E-state index contributed by atoms with van der Waals surface area (Å²) >= 11 is 1.57. The number of rotatable bonds is 5. The molecular weight excluding hydrogens is 360 g/mol. The van der Waals surface area contributed by atoms with Crippen LogP contribution >= 0.6 is 11.3 Å². The average molecular weight is 387 g/mol. The SMILES string of the molecule is Cc1cnc(C(=O)N2CCC[C@H](N(C)C(=O)CCc3nccs3)C2)cc1C. The summed E-state index contributed by atoms with van der Waals surface area (Å²) in [4.78, 5) is 37.6. The third-order valence-electron chi connectivity index (χ3n) is 5.25. The van der Waals surface area contributed by atoms with Crippen LogP contribution in [-0.4, -0.2) is 57.8 Å². The summed E-state index contributed by atoms with van der Waals surface area (Å²) in [7, 11) is 1.84. The molecule has 3 rings (SSSR count). The van der Waals surface area contributed by atoms with Crippen molar-refractivity contribution in [1.82, 2.24) is 19.8 Å². The Morgan fingerprint density at radius 3 is 2.81 bits per heavy atom. The predicted octanol–water partition coefficient (Wildman–Crippen LogP) is 2.85. The standard InChI is InChI=1S/C20H26N4O2S/c1-14-11-17(22-12-15(14)2)20(26)24-9-4-5-16(13-24)23(3)19(25)7-6-18-21-8-10-27-18/h8,10-12,16H,4-7,9,13H2,1-3H3/t16-/m0/s1. The minimum atomic E-state index is -0.0496. The van der Waals surface area contributed by atoms with Crippen LogP contribution in [0.2, 0.25) is 0 Å². The first-order valence-electron chi connectivity index (χ1n) is 9.32. The highest BCUT2D eigenvalue weighted by molar-refractivity contribution is 7.09. The van der Waals surface area contributed by atoms with Gasteiger partial charge in [-0.2, -0.15) is 0 Å². The minimum absolute atomic E-state index is 0.0496. The Bertz CT molecular complexity index is 806. The van der Waals surface area contributed by atoms with Crippen molar-refractivity contribution in [2.45, 2.75) is 45.6 Å². The summed E-state index contributed by atoms with van der Waals surface area (Å²) in [6, 6.07) is 1.91. The van der Waals surface area contributed by atoms with Gasteiger partial charge in [0, 0.05) is 56.8 Å². The fourth-order valence-corrected chi connectivity index (χ4v) is 3.95. The lowest BCUT2D eigenvalue weighted by atomic mass is 10.0. The topological polar surface area (TPSA) is 66.4 Å². The molecule has 1 aliphatic rings. The Labute approximate surface area is 164 Å². The smallest absolute Gasteiger partial charge is 0.272 e. The molecule has 27 heavy (non-hydrogen) atoms.